The summed E-state index contributed by atoms with van der Waals surface area (Å²) in [5.74, 6) is 0. The maximum Gasteiger partial charge on any atom is 0.281 e. The molecule has 2 fully saturated rings. The Morgan fingerprint density at radius 3 is 2.78 bits per heavy atom. The third-order valence-electron chi connectivity index (χ3n) is 5.06. The van der Waals surface area contributed by atoms with Gasteiger partial charge in [-0.05, 0) is 12.5 Å². The average Bonchev–Trinajstić information content (AvgIpc) is 2.65. The van der Waals surface area contributed by atoms with Gasteiger partial charge in [-0.1, -0.05) is 23.8 Å². The standard InChI is InChI=1S/C16H19ClF2N4/c17-14-8-12-10(15(21-14)16(18)19)2-1-3-11-13(9-23(11)12)22-6-4-20-5-7-22/h1-2,8,11,13,16,20H,3-7,9H2. The Bertz CT molecular complexity index is 631. The molecule has 4 rings (SSSR count). The van der Waals surface area contributed by atoms with E-state index in [2.05, 4.69) is 20.1 Å². The lowest BCUT2D eigenvalue weighted by Gasteiger charge is -2.54. The second kappa shape index (κ2) is 6.00. The van der Waals surface area contributed by atoms with Gasteiger partial charge in [-0.15, -0.1) is 0 Å². The summed E-state index contributed by atoms with van der Waals surface area (Å²) in [6, 6.07) is 2.53. The number of nitrogens with zero attached hydrogens (tertiary/aromatic N) is 3. The number of piperazine rings is 1. The van der Waals surface area contributed by atoms with Crippen molar-refractivity contribution in [3.8, 4) is 0 Å². The summed E-state index contributed by atoms with van der Waals surface area (Å²) in [6.45, 7) is 4.99. The van der Waals surface area contributed by atoms with Crippen molar-refractivity contribution in [2.24, 2.45) is 0 Å². The minimum Gasteiger partial charge on any atom is -0.364 e. The first-order chi connectivity index (χ1) is 11.1. The number of pyridine rings is 1. The van der Waals surface area contributed by atoms with Crippen LogP contribution in [0.5, 0.6) is 0 Å². The van der Waals surface area contributed by atoms with Crippen LogP contribution in [-0.2, 0) is 0 Å². The average molecular weight is 341 g/mol. The Labute approximate surface area is 139 Å². The van der Waals surface area contributed by atoms with Gasteiger partial charge in [0.2, 0.25) is 0 Å². The van der Waals surface area contributed by atoms with E-state index in [-0.39, 0.29) is 10.8 Å². The predicted octanol–water partition coefficient (Wildman–Crippen LogP) is 2.55. The summed E-state index contributed by atoms with van der Waals surface area (Å²) in [4.78, 5) is 8.56. The molecule has 4 heterocycles. The Balaban J connectivity index is 1.65. The number of anilines is 1. The van der Waals surface area contributed by atoms with E-state index in [9.17, 15) is 8.78 Å². The van der Waals surface area contributed by atoms with Crippen LogP contribution in [0.3, 0.4) is 0 Å². The normalized spacial score (nSPS) is 27.4. The van der Waals surface area contributed by atoms with Crippen molar-refractivity contribution in [3.63, 3.8) is 0 Å². The van der Waals surface area contributed by atoms with Crippen molar-refractivity contribution in [1.29, 1.82) is 0 Å². The molecule has 0 spiro atoms. The van der Waals surface area contributed by atoms with E-state index in [1.54, 1.807) is 12.1 Å². The van der Waals surface area contributed by atoms with Gasteiger partial charge < -0.3 is 10.2 Å². The van der Waals surface area contributed by atoms with Crippen LogP contribution in [0.25, 0.3) is 6.08 Å². The fraction of sp³-hybridized carbons (Fsp3) is 0.562. The molecule has 0 bridgehead atoms. The van der Waals surface area contributed by atoms with E-state index < -0.39 is 6.43 Å². The second-order valence-electron chi connectivity index (χ2n) is 6.27. The molecule has 1 aromatic heterocycles. The van der Waals surface area contributed by atoms with Crippen molar-refractivity contribution in [2.45, 2.75) is 24.9 Å². The number of alkyl halides is 2. The van der Waals surface area contributed by atoms with Crippen LogP contribution in [0.15, 0.2) is 12.1 Å². The van der Waals surface area contributed by atoms with Gasteiger partial charge >= 0.3 is 0 Å². The van der Waals surface area contributed by atoms with Crippen LogP contribution in [0, 0.1) is 0 Å². The summed E-state index contributed by atoms with van der Waals surface area (Å²) in [5, 5.41) is 3.50. The zero-order valence-corrected chi connectivity index (χ0v) is 13.4. The van der Waals surface area contributed by atoms with E-state index in [0.717, 1.165) is 44.8 Å². The van der Waals surface area contributed by atoms with E-state index in [1.807, 2.05) is 6.08 Å². The van der Waals surface area contributed by atoms with Gasteiger partial charge in [0.25, 0.3) is 6.43 Å². The first-order valence-corrected chi connectivity index (χ1v) is 8.39. The molecule has 23 heavy (non-hydrogen) atoms. The summed E-state index contributed by atoms with van der Waals surface area (Å²) >= 11 is 5.99. The third kappa shape index (κ3) is 2.62. The van der Waals surface area contributed by atoms with Crippen LogP contribution >= 0.6 is 11.6 Å². The molecule has 0 saturated carbocycles. The molecule has 124 valence electrons. The monoisotopic (exact) mass is 340 g/mol. The van der Waals surface area contributed by atoms with Crippen molar-refractivity contribution in [3.05, 3.63) is 28.6 Å². The summed E-state index contributed by atoms with van der Waals surface area (Å²) in [7, 11) is 0. The summed E-state index contributed by atoms with van der Waals surface area (Å²) in [5.41, 5.74) is 1.10. The molecule has 2 saturated heterocycles. The van der Waals surface area contributed by atoms with E-state index in [0.29, 0.717) is 17.6 Å². The van der Waals surface area contributed by atoms with E-state index in [4.69, 9.17) is 11.6 Å². The number of hydrogen-bond acceptors (Lipinski definition) is 4. The SMILES string of the molecule is FC(F)c1nc(Cl)cc2c1C=CCC1C(N3CCNCC3)CN21. The van der Waals surface area contributed by atoms with Crippen molar-refractivity contribution in [1.82, 2.24) is 15.2 Å². The molecule has 4 nitrogen and oxygen atoms in total. The predicted molar refractivity (Wildman–Crippen MR) is 87.2 cm³/mol. The van der Waals surface area contributed by atoms with Crippen molar-refractivity contribution >= 4 is 23.4 Å². The summed E-state index contributed by atoms with van der Waals surface area (Å²) < 4.78 is 26.6. The number of hydrogen-bond donors (Lipinski definition) is 1. The number of rotatable bonds is 2. The Morgan fingerprint density at radius 2 is 2.04 bits per heavy atom. The topological polar surface area (TPSA) is 31.4 Å². The zero-order valence-electron chi connectivity index (χ0n) is 12.7. The van der Waals surface area contributed by atoms with Gasteiger partial charge in [0.1, 0.15) is 10.8 Å². The lowest BCUT2D eigenvalue weighted by molar-refractivity contribution is 0.110. The van der Waals surface area contributed by atoms with Crippen LogP contribution in [0.2, 0.25) is 5.15 Å². The minimum absolute atomic E-state index is 0.138. The smallest absolute Gasteiger partial charge is 0.281 e. The number of nitrogens with one attached hydrogen (secondary N) is 1. The van der Waals surface area contributed by atoms with Gasteiger partial charge in [0.15, 0.2) is 0 Å². The van der Waals surface area contributed by atoms with E-state index in [1.165, 1.54) is 0 Å². The molecule has 0 aliphatic carbocycles. The molecule has 0 radical (unpaired) electrons. The molecule has 1 aromatic rings. The number of halogens is 3. The van der Waals surface area contributed by atoms with Crippen molar-refractivity contribution < 1.29 is 8.78 Å². The Morgan fingerprint density at radius 1 is 1.26 bits per heavy atom. The van der Waals surface area contributed by atoms with Crippen LogP contribution in [0.1, 0.15) is 24.1 Å². The van der Waals surface area contributed by atoms with Crippen LogP contribution in [0.4, 0.5) is 14.5 Å². The maximum absolute atomic E-state index is 13.3. The lowest BCUT2D eigenvalue weighted by atomic mass is 9.91. The van der Waals surface area contributed by atoms with Gasteiger partial charge in [-0.3, -0.25) is 4.90 Å². The highest BCUT2D eigenvalue weighted by Crippen LogP contribution is 2.41. The fourth-order valence-electron chi connectivity index (χ4n) is 3.89. The van der Waals surface area contributed by atoms with Crippen molar-refractivity contribution in [2.75, 3.05) is 37.6 Å². The third-order valence-corrected chi connectivity index (χ3v) is 5.26. The number of fused-ring (bicyclic) bond motifs is 3. The molecular formula is C16H19ClF2N4. The first kappa shape index (κ1) is 15.3. The highest BCUT2D eigenvalue weighted by molar-refractivity contribution is 6.29. The molecular weight excluding hydrogens is 322 g/mol. The Hall–Kier alpha value is -1.24. The lowest BCUT2D eigenvalue weighted by Crippen LogP contribution is -2.68. The molecule has 3 aliphatic heterocycles. The zero-order chi connectivity index (χ0) is 16.0. The minimum atomic E-state index is -2.62. The fourth-order valence-corrected chi connectivity index (χ4v) is 4.09. The van der Waals surface area contributed by atoms with Crippen LogP contribution < -0.4 is 10.2 Å². The van der Waals surface area contributed by atoms with Crippen LogP contribution in [-0.4, -0.2) is 54.7 Å². The highest BCUT2D eigenvalue weighted by atomic mass is 35.5. The second-order valence-corrected chi connectivity index (χ2v) is 6.66. The van der Waals surface area contributed by atoms with Gasteiger partial charge in [-0.2, -0.15) is 0 Å². The Kier molecular flexibility index (Phi) is 3.99. The molecule has 0 amide bonds. The molecule has 0 aromatic carbocycles. The molecule has 1 N–H and O–H groups in total. The molecule has 2 atom stereocenters. The first-order valence-electron chi connectivity index (χ1n) is 8.01. The number of aromatic nitrogens is 1. The highest BCUT2D eigenvalue weighted by Gasteiger charge is 2.44. The van der Waals surface area contributed by atoms with Gasteiger partial charge in [-0.25, -0.2) is 13.8 Å². The molecule has 2 unspecified atom stereocenters. The van der Waals surface area contributed by atoms with Gasteiger partial charge in [0, 0.05) is 56.1 Å². The molecule has 3 aliphatic rings. The summed E-state index contributed by atoms with van der Waals surface area (Å²) in [6.07, 6.45) is 2.03. The molecule has 7 heteroatoms. The van der Waals surface area contributed by atoms with E-state index >= 15 is 0 Å². The quantitative estimate of drug-likeness (QED) is 0.838. The maximum atomic E-state index is 13.3. The van der Waals surface area contributed by atoms with Gasteiger partial charge in [0.05, 0.1) is 0 Å². The largest absolute Gasteiger partial charge is 0.364 e.